The van der Waals surface area contributed by atoms with E-state index >= 15 is 0 Å². The number of carboxylic acid groups (broad SMARTS) is 1. The highest BCUT2D eigenvalue weighted by atomic mass is 16.4. The van der Waals surface area contributed by atoms with Gasteiger partial charge in [0.1, 0.15) is 0 Å². The van der Waals surface area contributed by atoms with Gasteiger partial charge in [-0.15, -0.1) is 5.10 Å². The molecule has 24 heavy (non-hydrogen) atoms. The van der Waals surface area contributed by atoms with E-state index in [2.05, 4.69) is 22.5 Å². The first-order valence-electron chi connectivity index (χ1n) is 8.74. The topological polar surface area (TPSA) is 88.3 Å². The van der Waals surface area contributed by atoms with Crippen LogP contribution in [0.4, 0.5) is 0 Å². The molecule has 1 N–H and O–H groups in total. The monoisotopic (exact) mass is 330 g/mol. The van der Waals surface area contributed by atoms with E-state index in [1.54, 1.807) is 4.68 Å². The third-order valence-corrected chi connectivity index (χ3v) is 5.70. The van der Waals surface area contributed by atoms with Gasteiger partial charge in [-0.1, -0.05) is 17.4 Å². The molecule has 0 aromatic carbocycles. The minimum Gasteiger partial charge on any atom is -0.476 e. The van der Waals surface area contributed by atoms with Crippen molar-refractivity contribution in [1.82, 2.24) is 19.9 Å². The van der Waals surface area contributed by atoms with E-state index in [9.17, 15) is 9.59 Å². The van der Waals surface area contributed by atoms with Gasteiger partial charge in [0.05, 0.1) is 12.2 Å². The second-order valence-corrected chi connectivity index (χ2v) is 7.20. The highest BCUT2D eigenvalue weighted by molar-refractivity contribution is 5.84. The molecule has 4 aliphatic rings. The maximum atomic E-state index is 13.0. The number of amides is 1. The third-order valence-electron chi connectivity index (χ3n) is 5.70. The lowest BCUT2D eigenvalue weighted by Gasteiger charge is -2.41. The average Bonchev–Trinajstić information content (AvgIpc) is 3.13. The quantitative estimate of drug-likeness (QED) is 0.853. The van der Waals surface area contributed by atoms with Crippen LogP contribution in [-0.4, -0.2) is 50.0 Å². The Morgan fingerprint density at radius 1 is 1.21 bits per heavy atom. The van der Waals surface area contributed by atoms with Gasteiger partial charge >= 0.3 is 5.97 Å². The molecule has 1 unspecified atom stereocenters. The van der Waals surface area contributed by atoms with Crippen molar-refractivity contribution in [3.63, 3.8) is 0 Å². The van der Waals surface area contributed by atoms with Crippen molar-refractivity contribution in [3.8, 4) is 0 Å². The van der Waals surface area contributed by atoms with E-state index in [4.69, 9.17) is 5.11 Å². The summed E-state index contributed by atoms with van der Waals surface area (Å²) in [4.78, 5) is 25.9. The van der Waals surface area contributed by atoms with Crippen LogP contribution in [0.5, 0.6) is 0 Å². The number of hydrogen-bond acceptors (Lipinski definition) is 4. The van der Waals surface area contributed by atoms with Gasteiger partial charge in [-0.3, -0.25) is 4.79 Å². The number of carbonyl (C=O) groups excluding carboxylic acids is 1. The number of rotatable bonds is 3. The summed E-state index contributed by atoms with van der Waals surface area (Å²) in [7, 11) is 0. The zero-order chi connectivity index (χ0) is 16.7. The number of allylic oxidation sites excluding steroid dienone is 2. The second kappa shape index (κ2) is 6.03. The molecule has 0 spiro atoms. The van der Waals surface area contributed by atoms with E-state index in [1.165, 1.54) is 12.6 Å². The second-order valence-electron chi connectivity index (χ2n) is 7.20. The minimum atomic E-state index is -1.07. The molecular weight excluding hydrogens is 308 g/mol. The van der Waals surface area contributed by atoms with E-state index < -0.39 is 5.97 Å². The number of fused-ring (bicyclic) bond motifs is 2. The molecule has 7 nitrogen and oxygen atoms in total. The molecule has 1 aliphatic heterocycles. The summed E-state index contributed by atoms with van der Waals surface area (Å²) >= 11 is 0. The van der Waals surface area contributed by atoms with Crippen LogP contribution >= 0.6 is 0 Å². The maximum absolute atomic E-state index is 13.0. The van der Waals surface area contributed by atoms with E-state index in [0.29, 0.717) is 18.4 Å². The smallest absolute Gasteiger partial charge is 0.358 e. The van der Waals surface area contributed by atoms with Gasteiger partial charge in [-0.25, -0.2) is 9.48 Å². The van der Waals surface area contributed by atoms with Crippen molar-refractivity contribution < 1.29 is 14.7 Å². The Morgan fingerprint density at radius 2 is 2.08 bits per heavy atom. The summed E-state index contributed by atoms with van der Waals surface area (Å²) in [6, 6.07) is 0.0135. The van der Waals surface area contributed by atoms with Crippen molar-refractivity contribution in [3.05, 3.63) is 24.0 Å². The summed E-state index contributed by atoms with van der Waals surface area (Å²) in [5.41, 5.74) is -0.0480. The number of hydrogen-bond donors (Lipinski definition) is 1. The lowest BCUT2D eigenvalue weighted by Crippen LogP contribution is -2.47. The Balaban J connectivity index is 1.45. The molecule has 5 rings (SSSR count). The summed E-state index contributed by atoms with van der Waals surface area (Å²) in [6.07, 6.45) is 11.1. The largest absolute Gasteiger partial charge is 0.476 e. The predicted octanol–water partition coefficient (Wildman–Crippen LogP) is 1.74. The fraction of sp³-hybridized carbons (Fsp3) is 0.647. The minimum absolute atomic E-state index is 0.0135. The average molecular weight is 330 g/mol. The van der Waals surface area contributed by atoms with Crippen molar-refractivity contribution >= 4 is 11.9 Å². The van der Waals surface area contributed by atoms with Gasteiger partial charge in [0.15, 0.2) is 5.69 Å². The van der Waals surface area contributed by atoms with Crippen LogP contribution in [-0.2, 0) is 4.79 Å². The molecule has 7 heteroatoms. The van der Waals surface area contributed by atoms with Crippen LogP contribution in [0, 0.1) is 17.8 Å². The molecule has 1 amide bonds. The van der Waals surface area contributed by atoms with Gasteiger partial charge in [-0.2, -0.15) is 0 Å². The number of likely N-dealkylation sites (tertiary alicyclic amines) is 1. The fourth-order valence-electron chi connectivity index (χ4n) is 4.37. The van der Waals surface area contributed by atoms with Crippen LogP contribution in [0.25, 0.3) is 0 Å². The summed E-state index contributed by atoms with van der Waals surface area (Å²) in [5.74, 6) is 0.274. The highest BCUT2D eigenvalue weighted by Crippen LogP contribution is 2.41. The Morgan fingerprint density at radius 3 is 2.71 bits per heavy atom. The van der Waals surface area contributed by atoms with Gasteiger partial charge in [0.25, 0.3) is 0 Å². The molecule has 1 saturated carbocycles. The molecule has 128 valence electrons. The number of carboxylic acids is 1. The Bertz CT molecular complexity index is 683. The number of aromatic carboxylic acids is 1. The van der Waals surface area contributed by atoms with Crippen molar-refractivity contribution in [2.24, 2.45) is 17.8 Å². The van der Waals surface area contributed by atoms with Gasteiger partial charge in [-0.05, 0) is 43.9 Å². The van der Waals surface area contributed by atoms with Crippen LogP contribution < -0.4 is 0 Å². The van der Waals surface area contributed by atoms with Crippen molar-refractivity contribution in [2.75, 3.05) is 13.1 Å². The first-order chi connectivity index (χ1) is 11.6. The maximum Gasteiger partial charge on any atom is 0.358 e. The molecule has 4 atom stereocenters. The molecule has 2 fully saturated rings. The first-order valence-corrected chi connectivity index (χ1v) is 8.74. The van der Waals surface area contributed by atoms with Gasteiger partial charge in [0, 0.05) is 19.0 Å². The van der Waals surface area contributed by atoms with Gasteiger partial charge in [0.2, 0.25) is 5.91 Å². The molecule has 1 saturated heterocycles. The zero-order valence-electron chi connectivity index (χ0n) is 13.5. The standard InChI is InChI=1S/C17H22N4O3/c22-16(14-8-11-3-5-12(14)6-4-11)20-7-1-2-13(9-20)21-10-15(17(23)24)18-19-21/h3,5,10-14H,1-2,4,6-9H2,(H,23,24)/t11-,12+,13?,14-/m1/s1. The Labute approximate surface area is 140 Å². The van der Waals surface area contributed by atoms with Crippen LogP contribution in [0.3, 0.4) is 0 Å². The lowest BCUT2D eigenvalue weighted by atomic mass is 9.68. The molecule has 3 aliphatic carbocycles. The Hall–Kier alpha value is -2.18. The normalized spacial score (nSPS) is 32.1. The summed E-state index contributed by atoms with van der Waals surface area (Å²) < 4.78 is 1.61. The first kappa shape index (κ1) is 15.4. The number of piperidine rings is 1. The van der Waals surface area contributed by atoms with Crippen LogP contribution in [0.15, 0.2) is 18.3 Å². The molecule has 1 aromatic rings. The van der Waals surface area contributed by atoms with Gasteiger partial charge < -0.3 is 10.0 Å². The fourth-order valence-corrected chi connectivity index (χ4v) is 4.37. The summed E-state index contributed by atoms with van der Waals surface area (Å²) in [6.45, 7) is 1.38. The van der Waals surface area contributed by atoms with Crippen LogP contribution in [0.1, 0.15) is 48.6 Å². The molecule has 2 bridgehead atoms. The SMILES string of the molecule is O=C(O)c1cn(C2CCCN(C(=O)[C@@H]3C[C@@H]4C=C[C@H]3CC4)C2)nn1. The van der Waals surface area contributed by atoms with E-state index in [0.717, 1.165) is 32.2 Å². The zero-order valence-corrected chi connectivity index (χ0v) is 13.5. The number of aromatic nitrogens is 3. The molecule has 0 radical (unpaired) electrons. The van der Waals surface area contributed by atoms with E-state index in [-0.39, 0.29) is 23.6 Å². The lowest BCUT2D eigenvalue weighted by molar-refractivity contribution is -0.140. The van der Waals surface area contributed by atoms with Crippen molar-refractivity contribution in [2.45, 2.75) is 38.1 Å². The number of carbonyl (C=O) groups is 2. The molecule has 1 aromatic heterocycles. The van der Waals surface area contributed by atoms with Crippen LogP contribution in [0.2, 0.25) is 0 Å². The highest BCUT2D eigenvalue weighted by Gasteiger charge is 2.39. The molecular formula is C17H22N4O3. The third kappa shape index (κ3) is 2.72. The predicted molar refractivity (Wildman–Crippen MR) is 85.3 cm³/mol. The summed E-state index contributed by atoms with van der Waals surface area (Å²) in [5, 5.41) is 16.6. The molecule has 2 heterocycles. The Kier molecular flexibility index (Phi) is 3.86. The van der Waals surface area contributed by atoms with E-state index in [1.807, 2.05) is 4.90 Å². The number of nitrogens with zero attached hydrogens (tertiary/aromatic N) is 4. The van der Waals surface area contributed by atoms with Crippen molar-refractivity contribution in [1.29, 1.82) is 0 Å².